The fourth-order valence-electron chi connectivity index (χ4n) is 5.22. The number of carbonyl (C=O) groups is 2. The first kappa shape index (κ1) is 23.6. The van der Waals surface area contributed by atoms with E-state index in [9.17, 15) is 22.8 Å². The zero-order chi connectivity index (χ0) is 24.9. The fourth-order valence-corrected chi connectivity index (χ4v) is 5.49. The second-order valence-electron chi connectivity index (χ2n) is 9.25. The minimum Gasteiger partial charge on any atom is -0.349 e. The van der Waals surface area contributed by atoms with Gasteiger partial charge in [-0.15, -0.1) is 0 Å². The number of halogens is 4. The summed E-state index contributed by atoms with van der Waals surface area (Å²) in [6.07, 6.45) is 1.53. The normalized spacial score (nSPS) is 22.5. The van der Waals surface area contributed by atoms with Crippen LogP contribution in [0.3, 0.4) is 0 Å². The molecule has 2 amide bonds. The summed E-state index contributed by atoms with van der Waals surface area (Å²) in [4.78, 5) is 32.1. The maximum atomic E-state index is 13.4. The largest absolute Gasteiger partial charge is 0.349 e. The van der Waals surface area contributed by atoms with Crippen LogP contribution in [0.5, 0.6) is 0 Å². The molecular weight excluding hydrogens is 483 g/mol. The Bertz CT molecular complexity index is 1320. The third kappa shape index (κ3) is 4.13. The summed E-state index contributed by atoms with van der Waals surface area (Å²) < 4.78 is 41.2. The molecule has 2 fully saturated rings. The Morgan fingerprint density at radius 3 is 2.66 bits per heavy atom. The standard InChI is InChI=1S/C24H23ClF3N5O2/c1-13-10-19(20(27)28)33-21(30-13)16(12-29-33)22(34)31-15-4-6-24(7-5-15)8-9-32(23(24)35)18-3-2-14(26)11-17(18)25/h2-3,10-12,15,20H,4-9H2,1H3,(H,31,34). The highest BCUT2D eigenvalue weighted by Gasteiger charge is 2.49. The average Bonchev–Trinajstić information content (AvgIpc) is 3.37. The number of anilines is 1. The van der Waals surface area contributed by atoms with Crippen LogP contribution in [0.25, 0.3) is 5.65 Å². The minimum absolute atomic E-state index is 0.0300. The van der Waals surface area contributed by atoms with Gasteiger partial charge in [0.05, 0.1) is 22.3 Å². The van der Waals surface area contributed by atoms with E-state index in [1.165, 1.54) is 30.5 Å². The molecule has 1 aliphatic heterocycles. The number of aryl methyl sites for hydroxylation is 1. The molecule has 3 aromatic rings. The molecule has 1 N–H and O–H groups in total. The van der Waals surface area contributed by atoms with Crippen molar-refractivity contribution >= 4 is 34.7 Å². The molecule has 1 spiro atoms. The van der Waals surface area contributed by atoms with Crippen LogP contribution in [0.4, 0.5) is 18.9 Å². The quantitative estimate of drug-likeness (QED) is 0.549. The van der Waals surface area contributed by atoms with Crippen LogP contribution in [-0.2, 0) is 4.79 Å². The lowest BCUT2D eigenvalue weighted by Gasteiger charge is -2.36. The molecule has 11 heteroatoms. The van der Waals surface area contributed by atoms with Gasteiger partial charge in [-0.05, 0) is 63.3 Å². The number of amides is 2. The van der Waals surface area contributed by atoms with Gasteiger partial charge >= 0.3 is 0 Å². The van der Waals surface area contributed by atoms with Crippen molar-refractivity contribution in [3.63, 3.8) is 0 Å². The summed E-state index contributed by atoms with van der Waals surface area (Å²) in [5, 5.41) is 7.09. The van der Waals surface area contributed by atoms with Gasteiger partial charge in [0.15, 0.2) is 5.65 Å². The van der Waals surface area contributed by atoms with Crippen LogP contribution < -0.4 is 10.2 Å². The Morgan fingerprint density at radius 2 is 1.97 bits per heavy atom. The van der Waals surface area contributed by atoms with Crippen molar-refractivity contribution in [1.82, 2.24) is 19.9 Å². The van der Waals surface area contributed by atoms with Crippen LogP contribution in [0.2, 0.25) is 5.02 Å². The van der Waals surface area contributed by atoms with Crippen molar-refractivity contribution in [2.45, 2.75) is 51.5 Å². The first-order valence-electron chi connectivity index (χ1n) is 11.4. The van der Waals surface area contributed by atoms with Gasteiger partial charge in [0.2, 0.25) is 5.91 Å². The fraction of sp³-hybridized carbons (Fsp3) is 0.417. The predicted octanol–water partition coefficient (Wildman–Crippen LogP) is 4.86. The molecule has 0 radical (unpaired) electrons. The molecule has 2 aromatic heterocycles. The van der Waals surface area contributed by atoms with E-state index in [1.54, 1.807) is 11.8 Å². The Balaban J connectivity index is 1.27. The van der Waals surface area contributed by atoms with E-state index in [4.69, 9.17) is 11.6 Å². The van der Waals surface area contributed by atoms with Gasteiger partial charge in [0, 0.05) is 18.3 Å². The molecule has 0 bridgehead atoms. The van der Waals surface area contributed by atoms with Crippen LogP contribution in [0.15, 0.2) is 30.5 Å². The zero-order valence-corrected chi connectivity index (χ0v) is 19.7. The summed E-state index contributed by atoms with van der Waals surface area (Å²) in [7, 11) is 0. The zero-order valence-electron chi connectivity index (χ0n) is 18.9. The maximum absolute atomic E-state index is 13.4. The Labute approximate surface area is 204 Å². The monoisotopic (exact) mass is 505 g/mol. The Hall–Kier alpha value is -3.14. The molecule has 0 unspecified atom stereocenters. The number of fused-ring (bicyclic) bond motifs is 1. The molecule has 1 aromatic carbocycles. The Kier molecular flexibility index (Phi) is 5.94. The highest BCUT2D eigenvalue weighted by molar-refractivity contribution is 6.34. The van der Waals surface area contributed by atoms with Crippen LogP contribution >= 0.6 is 11.6 Å². The van der Waals surface area contributed by atoms with Crippen LogP contribution in [0, 0.1) is 18.2 Å². The lowest BCUT2D eigenvalue weighted by atomic mass is 9.71. The predicted molar refractivity (Wildman–Crippen MR) is 123 cm³/mol. The van der Waals surface area contributed by atoms with Gasteiger partial charge in [-0.2, -0.15) is 5.10 Å². The number of benzene rings is 1. The molecular formula is C24H23ClF3N5O2. The third-order valence-electron chi connectivity index (χ3n) is 7.09. The molecule has 1 saturated carbocycles. The summed E-state index contributed by atoms with van der Waals surface area (Å²) in [6, 6.07) is 5.08. The third-order valence-corrected chi connectivity index (χ3v) is 7.39. The summed E-state index contributed by atoms with van der Waals surface area (Å²) in [5.74, 6) is -0.923. The molecule has 2 aliphatic rings. The first-order valence-corrected chi connectivity index (χ1v) is 11.8. The number of nitrogens with one attached hydrogen (secondary N) is 1. The van der Waals surface area contributed by atoms with E-state index in [0.717, 1.165) is 4.52 Å². The van der Waals surface area contributed by atoms with Crippen LogP contribution in [0.1, 0.15) is 60.3 Å². The van der Waals surface area contributed by atoms with E-state index in [0.29, 0.717) is 50.0 Å². The lowest BCUT2D eigenvalue weighted by Crippen LogP contribution is -2.44. The van der Waals surface area contributed by atoms with Gasteiger partial charge in [0.1, 0.15) is 17.1 Å². The van der Waals surface area contributed by atoms with Crippen molar-refractivity contribution in [1.29, 1.82) is 0 Å². The smallest absolute Gasteiger partial charge is 0.280 e. The topological polar surface area (TPSA) is 79.6 Å². The van der Waals surface area contributed by atoms with Crippen molar-refractivity contribution in [2.24, 2.45) is 5.41 Å². The summed E-state index contributed by atoms with van der Waals surface area (Å²) >= 11 is 6.17. The molecule has 7 nitrogen and oxygen atoms in total. The number of hydrogen-bond donors (Lipinski definition) is 1. The average molecular weight is 506 g/mol. The van der Waals surface area contributed by atoms with Gasteiger partial charge < -0.3 is 10.2 Å². The van der Waals surface area contributed by atoms with Crippen LogP contribution in [-0.4, -0.2) is 39.0 Å². The number of hydrogen-bond acceptors (Lipinski definition) is 4. The number of rotatable bonds is 4. The number of nitrogens with zero attached hydrogens (tertiary/aromatic N) is 4. The van der Waals surface area contributed by atoms with E-state index in [1.807, 2.05) is 0 Å². The molecule has 184 valence electrons. The maximum Gasteiger partial charge on any atom is 0.280 e. The van der Waals surface area contributed by atoms with Crippen molar-refractivity contribution in [2.75, 3.05) is 11.4 Å². The summed E-state index contributed by atoms with van der Waals surface area (Å²) in [5.41, 5.74) is 0.232. The molecule has 35 heavy (non-hydrogen) atoms. The second kappa shape index (κ2) is 8.82. The SMILES string of the molecule is Cc1cc(C(F)F)n2ncc(C(=O)NC3CCC4(CC3)CCN(c3ccc(F)cc3Cl)C4=O)c2n1. The van der Waals surface area contributed by atoms with Gasteiger partial charge in [0.25, 0.3) is 12.3 Å². The van der Waals surface area contributed by atoms with Crippen molar-refractivity contribution in [3.8, 4) is 0 Å². The summed E-state index contributed by atoms with van der Waals surface area (Å²) in [6.45, 7) is 2.09. The van der Waals surface area contributed by atoms with Gasteiger partial charge in [-0.1, -0.05) is 11.6 Å². The second-order valence-corrected chi connectivity index (χ2v) is 9.65. The van der Waals surface area contributed by atoms with E-state index >= 15 is 0 Å². The number of aromatic nitrogens is 3. The molecule has 5 rings (SSSR count). The van der Waals surface area contributed by atoms with E-state index in [-0.39, 0.29) is 33.9 Å². The minimum atomic E-state index is -2.75. The molecule has 0 atom stereocenters. The number of alkyl halides is 2. The lowest BCUT2D eigenvalue weighted by molar-refractivity contribution is -0.127. The van der Waals surface area contributed by atoms with E-state index < -0.39 is 23.6 Å². The first-order chi connectivity index (χ1) is 16.7. The number of carbonyl (C=O) groups excluding carboxylic acids is 2. The molecule has 1 saturated heterocycles. The van der Waals surface area contributed by atoms with Crippen molar-refractivity contribution < 1.29 is 22.8 Å². The van der Waals surface area contributed by atoms with Gasteiger partial charge in [-0.3, -0.25) is 9.59 Å². The highest BCUT2D eigenvalue weighted by atomic mass is 35.5. The molecule has 1 aliphatic carbocycles. The Morgan fingerprint density at radius 1 is 1.23 bits per heavy atom. The van der Waals surface area contributed by atoms with Gasteiger partial charge in [-0.25, -0.2) is 22.7 Å². The van der Waals surface area contributed by atoms with E-state index in [2.05, 4.69) is 15.4 Å². The van der Waals surface area contributed by atoms with Crippen molar-refractivity contribution in [3.05, 3.63) is 58.3 Å². The highest BCUT2D eigenvalue weighted by Crippen LogP contribution is 2.47. The molecule has 3 heterocycles.